The van der Waals surface area contributed by atoms with Gasteiger partial charge in [0.1, 0.15) is 5.82 Å². The fourth-order valence-corrected chi connectivity index (χ4v) is 3.04. The van der Waals surface area contributed by atoms with Crippen molar-refractivity contribution in [3.8, 4) is 6.07 Å². The molecule has 1 N–H and O–H groups in total. The molecule has 2 unspecified atom stereocenters. The molecule has 0 aliphatic heterocycles. The van der Waals surface area contributed by atoms with Gasteiger partial charge in [-0.2, -0.15) is 5.26 Å². The molecule has 0 amide bonds. The molecule has 0 heterocycles. The van der Waals surface area contributed by atoms with Gasteiger partial charge in [0.15, 0.2) is 0 Å². The van der Waals surface area contributed by atoms with E-state index in [1.165, 1.54) is 18.6 Å². The van der Waals surface area contributed by atoms with Crippen LogP contribution in [0.15, 0.2) is 18.2 Å². The predicted molar refractivity (Wildman–Crippen MR) is 70.7 cm³/mol. The summed E-state index contributed by atoms with van der Waals surface area (Å²) in [5.41, 5.74) is 1.09. The summed E-state index contributed by atoms with van der Waals surface area (Å²) < 4.78 is 13.3. The highest BCUT2D eigenvalue weighted by Crippen LogP contribution is 2.30. The number of nitriles is 1. The van der Waals surface area contributed by atoms with Gasteiger partial charge in [-0.15, -0.1) is 0 Å². The maximum absolute atomic E-state index is 13.3. The summed E-state index contributed by atoms with van der Waals surface area (Å²) >= 11 is 0. The number of hydrogen-bond donors (Lipinski definition) is 1. The normalized spacial score (nSPS) is 27.6. The Morgan fingerprint density at radius 3 is 2.44 bits per heavy atom. The topological polar surface area (TPSA) is 35.8 Å². The summed E-state index contributed by atoms with van der Waals surface area (Å²) in [6.45, 7) is 4.52. The van der Waals surface area contributed by atoms with E-state index in [9.17, 15) is 4.39 Å². The van der Waals surface area contributed by atoms with Crippen molar-refractivity contribution in [3.63, 3.8) is 0 Å². The summed E-state index contributed by atoms with van der Waals surface area (Å²) in [5.74, 6) is 1.05. The van der Waals surface area contributed by atoms with E-state index in [1.807, 2.05) is 6.07 Å². The molecule has 18 heavy (non-hydrogen) atoms. The Morgan fingerprint density at radius 2 is 1.83 bits per heavy atom. The van der Waals surface area contributed by atoms with Gasteiger partial charge < -0.3 is 5.32 Å². The van der Waals surface area contributed by atoms with Crippen molar-refractivity contribution in [3.05, 3.63) is 29.6 Å². The van der Waals surface area contributed by atoms with E-state index in [4.69, 9.17) is 5.26 Å². The van der Waals surface area contributed by atoms with Crippen LogP contribution in [0.2, 0.25) is 0 Å². The highest BCUT2D eigenvalue weighted by Gasteiger charge is 2.23. The molecule has 0 spiro atoms. The first-order valence-electron chi connectivity index (χ1n) is 6.54. The van der Waals surface area contributed by atoms with Gasteiger partial charge in [0.05, 0.1) is 11.6 Å². The number of nitrogens with zero attached hydrogens (tertiary/aromatic N) is 1. The second kappa shape index (κ2) is 5.39. The lowest BCUT2D eigenvalue weighted by molar-refractivity contribution is 0.281. The van der Waals surface area contributed by atoms with Crippen molar-refractivity contribution in [2.24, 2.45) is 11.8 Å². The van der Waals surface area contributed by atoms with Gasteiger partial charge in [-0.25, -0.2) is 4.39 Å². The summed E-state index contributed by atoms with van der Waals surface area (Å²) in [7, 11) is 0. The van der Waals surface area contributed by atoms with E-state index in [0.717, 1.165) is 18.5 Å². The monoisotopic (exact) mass is 246 g/mol. The zero-order chi connectivity index (χ0) is 13.1. The largest absolute Gasteiger partial charge is 0.382 e. The van der Waals surface area contributed by atoms with Crippen LogP contribution in [0.25, 0.3) is 0 Å². The molecule has 2 rings (SSSR count). The predicted octanol–water partition coefficient (Wildman–Crippen LogP) is 3.93. The van der Waals surface area contributed by atoms with Crippen molar-refractivity contribution in [1.29, 1.82) is 5.26 Å². The Balaban J connectivity index is 2.09. The molecular formula is C15H19FN2. The molecule has 1 aliphatic carbocycles. The van der Waals surface area contributed by atoms with Gasteiger partial charge >= 0.3 is 0 Å². The first-order chi connectivity index (χ1) is 8.56. The van der Waals surface area contributed by atoms with Gasteiger partial charge in [-0.3, -0.25) is 0 Å². The van der Waals surface area contributed by atoms with Crippen LogP contribution in [0.3, 0.4) is 0 Å². The Morgan fingerprint density at radius 1 is 1.17 bits per heavy atom. The zero-order valence-corrected chi connectivity index (χ0v) is 10.9. The van der Waals surface area contributed by atoms with E-state index in [0.29, 0.717) is 23.4 Å². The molecule has 1 aromatic carbocycles. The van der Waals surface area contributed by atoms with Crippen LogP contribution in [-0.2, 0) is 0 Å². The molecule has 0 saturated heterocycles. The number of hydrogen-bond acceptors (Lipinski definition) is 2. The molecule has 1 aliphatic rings. The third-order valence-electron chi connectivity index (χ3n) is 3.58. The van der Waals surface area contributed by atoms with Crippen LogP contribution in [0.4, 0.5) is 10.1 Å². The van der Waals surface area contributed by atoms with E-state index in [-0.39, 0.29) is 5.82 Å². The lowest BCUT2D eigenvalue weighted by atomic mass is 9.80. The van der Waals surface area contributed by atoms with Crippen LogP contribution >= 0.6 is 0 Å². The fraction of sp³-hybridized carbons (Fsp3) is 0.533. The van der Waals surface area contributed by atoms with Gasteiger partial charge in [0, 0.05) is 11.7 Å². The van der Waals surface area contributed by atoms with E-state index < -0.39 is 0 Å². The SMILES string of the molecule is CC1CC(C)CC(Nc2cc(F)cc(C#N)c2)C1. The maximum Gasteiger partial charge on any atom is 0.126 e. The summed E-state index contributed by atoms with van der Waals surface area (Å²) in [6.07, 6.45) is 3.50. The summed E-state index contributed by atoms with van der Waals surface area (Å²) in [5, 5.41) is 12.2. The molecule has 0 bridgehead atoms. The minimum Gasteiger partial charge on any atom is -0.382 e. The Labute approximate surface area is 108 Å². The summed E-state index contributed by atoms with van der Waals surface area (Å²) in [6, 6.07) is 6.81. The third-order valence-corrected chi connectivity index (χ3v) is 3.58. The number of nitrogens with one attached hydrogen (secondary N) is 1. The average Bonchev–Trinajstić information content (AvgIpc) is 2.26. The highest BCUT2D eigenvalue weighted by atomic mass is 19.1. The Bertz CT molecular complexity index is 454. The van der Waals surface area contributed by atoms with Crippen LogP contribution in [0.1, 0.15) is 38.7 Å². The smallest absolute Gasteiger partial charge is 0.126 e. The minimum absolute atomic E-state index is 0.353. The number of benzene rings is 1. The first kappa shape index (κ1) is 12.9. The molecule has 1 fully saturated rings. The van der Waals surface area contributed by atoms with Crippen LogP contribution < -0.4 is 5.32 Å². The van der Waals surface area contributed by atoms with Crippen molar-refractivity contribution < 1.29 is 4.39 Å². The second-order valence-corrected chi connectivity index (χ2v) is 5.60. The number of halogens is 1. The number of rotatable bonds is 2. The van der Waals surface area contributed by atoms with Crippen molar-refractivity contribution >= 4 is 5.69 Å². The number of anilines is 1. The van der Waals surface area contributed by atoms with E-state index in [1.54, 1.807) is 6.07 Å². The average molecular weight is 246 g/mol. The molecule has 2 atom stereocenters. The first-order valence-corrected chi connectivity index (χ1v) is 6.54. The van der Waals surface area contributed by atoms with Crippen molar-refractivity contribution in [2.45, 2.75) is 39.2 Å². The van der Waals surface area contributed by atoms with Gasteiger partial charge in [-0.1, -0.05) is 13.8 Å². The Kier molecular flexibility index (Phi) is 3.86. The van der Waals surface area contributed by atoms with Crippen LogP contribution in [0.5, 0.6) is 0 Å². The van der Waals surface area contributed by atoms with E-state index >= 15 is 0 Å². The zero-order valence-electron chi connectivity index (χ0n) is 10.9. The van der Waals surface area contributed by atoms with Crippen LogP contribution in [0, 0.1) is 29.0 Å². The quantitative estimate of drug-likeness (QED) is 0.858. The lowest BCUT2D eigenvalue weighted by Gasteiger charge is -2.32. The second-order valence-electron chi connectivity index (χ2n) is 5.60. The molecule has 2 nitrogen and oxygen atoms in total. The Hall–Kier alpha value is -1.56. The molecule has 0 radical (unpaired) electrons. The highest BCUT2D eigenvalue weighted by molar-refractivity contribution is 5.50. The van der Waals surface area contributed by atoms with Crippen molar-refractivity contribution in [1.82, 2.24) is 0 Å². The van der Waals surface area contributed by atoms with Crippen molar-refractivity contribution in [2.75, 3.05) is 5.32 Å². The molecule has 3 heteroatoms. The summed E-state index contributed by atoms with van der Waals surface area (Å²) in [4.78, 5) is 0. The van der Waals surface area contributed by atoms with Gasteiger partial charge in [0.25, 0.3) is 0 Å². The molecule has 1 saturated carbocycles. The van der Waals surface area contributed by atoms with Crippen LogP contribution in [-0.4, -0.2) is 6.04 Å². The minimum atomic E-state index is -0.353. The van der Waals surface area contributed by atoms with Gasteiger partial charge in [0.2, 0.25) is 0 Å². The molecule has 96 valence electrons. The standard InChI is InChI=1S/C15H19FN2/c1-10-3-11(2)5-14(4-10)18-15-7-12(9-17)6-13(16)8-15/h6-8,10-11,14,18H,3-5H2,1-2H3. The third kappa shape index (κ3) is 3.22. The van der Waals surface area contributed by atoms with E-state index in [2.05, 4.69) is 19.2 Å². The fourth-order valence-electron chi connectivity index (χ4n) is 3.04. The lowest BCUT2D eigenvalue weighted by Crippen LogP contribution is -2.30. The molecule has 0 aromatic heterocycles. The molecule has 1 aromatic rings. The molecular weight excluding hydrogens is 227 g/mol. The maximum atomic E-state index is 13.3. The van der Waals surface area contributed by atoms with Gasteiger partial charge in [-0.05, 0) is 49.3 Å².